The van der Waals surface area contributed by atoms with Crippen molar-refractivity contribution in [3.8, 4) is 0 Å². The van der Waals surface area contributed by atoms with Gasteiger partial charge in [-0.25, -0.2) is 5.43 Å². The number of nitrogens with one attached hydrogen (secondary N) is 2. The van der Waals surface area contributed by atoms with Gasteiger partial charge in [0, 0.05) is 24.3 Å². The van der Waals surface area contributed by atoms with Crippen molar-refractivity contribution in [1.82, 2.24) is 10.3 Å². The van der Waals surface area contributed by atoms with E-state index in [9.17, 15) is 14.4 Å². The predicted octanol–water partition coefficient (Wildman–Crippen LogP) is 0.858. The number of carbonyl (C=O) groups is 3. The van der Waals surface area contributed by atoms with Crippen LogP contribution in [0.25, 0.3) is 0 Å². The Hall–Kier alpha value is -3.16. The van der Waals surface area contributed by atoms with Crippen molar-refractivity contribution < 1.29 is 19.1 Å². The Kier molecular flexibility index (Phi) is 5.31. The van der Waals surface area contributed by atoms with Gasteiger partial charge in [0.2, 0.25) is 17.7 Å². The van der Waals surface area contributed by atoms with Gasteiger partial charge in [0.25, 0.3) is 5.91 Å². The van der Waals surface area contributed by atoms with E-state index in [1.807, 2.05) is 0 Å². The lowest BCUT2D eigenvalue weighted by molar-refractivity contribution is -0.130. The highest BCUT2D eigenvalue weighted by molar-refractivity contribution is 5.99. The normalized spacial score (nSPS) is 19.7. The number of nitrogens with zero attached hydrogens (tertiary/aromatic N) is 2. The molecule has 2 aliphatic heterocycles. The van der Waals surface area contributed by atoms with E-state index in [1.165, 1.54) is 6.08 Å². The maximum absolute atomic E-state index is 12.5. The lowest BCUT2D eigenvalue weighted by Gasteiger charge is -2.31. The molecule has 1 unspecified atom stereocenters. The number of benzene rings is 1. The third kappa shape index (κ3) is 4.08. The van der Waals surface area contributed by atoms with Gasteiger partial charge in [0.05, 0.1) is 5.92 Å². The third-order valence-corrected chi connectivity index (χ3v) is 4.30. The van der Waals surface area contributed by atoms with Gasteiger partial charge in [0.15, 0.2) is 6.61 Å². The van der Waals surface area contributed by atoms with Gasteiger partial charge in [0.1, 0.15) is 0 Å². The topological polar surface area (TPSA) is 100 Å². The van der Waals surface area contributed by atoms with Gasteiger partial charge in [-0.05, 0) is 43.2 Å². The average molecular weight is 356 g/mol. The molecule has 26 heavy (non-hydrogen) atoms. The number of hydrogen-bond acceptors (Lipinski definition) is 5. The summed E-state index contributed by atoms with van der Waals surface area (Å²) in [5.74, 6) is -0.471. The maximum Gasteiger partial charge on any atom is 0.278 e. The number of rotatable bonds is 4. The minimum Gasteiger partial charge on any atom is -0.466 e. The van der Waals surface area contributed by atoms with Crippen LogP contribution in [-0.4, -0.2) is 48.2 Å². The second-order valence-corrected chi connectivity index (χ2v) is 6.13. The molecule has 0 radical (unpaired) electrons. The molecule has 2 heterocycles. The molecule has 0 aromatic heterocycles. The zero-order valence-corrected chi connectivity index (χ0v) is 14.2. The number of hydrazone groups is 1. The van der Waals surface area contributed by atoms with Gasteiger partial charge >= 0.3 is 0 Å². The summed E-state index contributed by atoms with van der Waals surface area (Å²) in [5.41, 5.74) is 3.70. The highest BCUT2D eigenvalue weighted by Gasteiger charge is 2.27. The van der Waals surface area contributed by atoms with E-state index in [2.05, 4.69) is 22.4 Å². The lowest BCUT2D eigenvalue weighted by Crippen LogP contribution is -2.43. The van der Waals surface area contributed by atoms with Crippen LogP contribution in [0.15, 0.2) is 42.0 Å². The quantitative estimate of drug-likeness (QED) is 0.782. The van der Waals surface area contributed by atoms with E-state index in [0.717, 1.165) is 12.8 Å². The Labute approximate surface area is 150 Å². The first-order valence-electron chi connectivity index (χ1n) is 8.39. The minimum absolute atomic E-state index is 0.0705. The fourth-order valence-corrected chi connectivity index (χ4v) is 2.92. The number of piperidine rings is 1. The van der Waals surface area contributed by atoms with Crippen LogP contribution in [0, 0.1) is 5.92 Å². The summed E-state index contributed by atoms with van der Waals surface area (Å²) >= 11 is 0. The fourth-order valence-electron chi connectivity index (χ4n) is 2.92. The second kappa shape index (κ2) is 7.81. The first kappa shape index (κ1) is 17.7. The van der Waals surface area contributed by atoms with Crippen molar-refractivity contribution in [2.75, 3.05) is 25.0 Å². The summed E-state index contributed by atoms with van der Waals surface area (Å²) in [7, 11) is 0. The van der Waals surface area contributed by atoms with Crippen LogP contribution in [0.2, 0.25) is 0 Å². The molecule has 1 atom stereocenters. The minimum atomic E-state index is -0.297. The van der Waals surface area contributed by atoms with Crippen molar-refractivity contribution in [2.24, 2.45) is 11.0 Å². The highest BCUT2D eigenvalue weighted by Crippen LogP contribution is 2.19. The zero-order valence-electron chi connectivity index (χ0n) is 14.2. The molecule has 0 spiro atoms. The summed E-state index contributed by atoms with van der Waals surface area (Å²) in [4.78, 5) is 36.9. The molecule has 8 nitrogen and oxygen atoms in total. The molecule has 3 amide bonds. The lowest BCUT2D eigenvalue weighted by atomic mass is 9.97. The molecule has 3 rings (SSSR count). The molecule has 1 aromatic carbocycles. The first-order valence-corrected chi connectivity index (χ1v) is 8.39. The molecule has 1 fully saturated rings. The Morgan fingerprint density at radius 2 is 2.12 bits per heavy atom. The van der Waals surface area contributed by atoms with Crippen LogP contribution >= 0.6 is 0 Å². The summed E-state index contributed by atoms with van der Waals surface area (Å²) in [6.07, 6.45) is 2.81. The van der Waals surface area contributed by atoms with E-state index in [-0.39, 0.29) is 30.2 Å². The van der Waals surface area contributed by atoms with Crippen LogP contribution < -0.4 is 10.7 Å². The number of likely N-dealkylation sites (tertiary alicyclic amines) is 1. The van der Waals surface area contributed by atoms with Crippen LogP contribution in [0.4, 0.5) is 5.69 Å². The van der Waals surface area contributed by atoms with Crippen LogP contribution in [-0.2, 0) is 19.1 Å². The van der Waals surface area contributed by atoms with E-state index in [1.54, 1.807) is 29.2 Å². The Balaban J connectivity index is 1.60. The van der Waals surface area contributed by atoms with Gasteiger partial charge in [-0.1, -0.05) is 6.58 Å². The summed E-state index contributed by atoms with van der Waals surface area (Å²) in [5, 5.41) is 6.71. The van der Waals surface area contributed by atoms with Gasteiger partial charge < -0.3 is 15.0 Å². The van der Waals surface area contributed by atoms with Crippen LogP contribution in [0.3, 0.4) is 0 Å². The van der Waals surface area contributed by atoms with Crippen molar-refractivity contribution in [1.29, 1.82) is 0 Å². The van der Waals surface area contributed by atoms with Crippen molar-refractivity contribution >= 4 is 29.3 Å². The molecule has 136 valence electrons. The highest BCUT2D eigenvalue weighted by atomic mass is 16.5. The molecular formula is C18H20N4O4. The summed E-state index contributed by atoms with van der Waals surface area (Å²) in [6, 6.07) is 6.98. The molecule has 1 saturated heterocycles. The molecule has 0 bridgehead atoms. The van der Waals surface area contributed by atoms with Crippen molar-refractivity contribution in [3.05, 3.63) is 42.5 Å². The first-order chi connectivity index (χ1) is 12.6. The Bertz CT molecular complexity index is 757. The van der Waals surface area contributed by atoms with Gasteiger partial charge in [-0.15, -0.1) is 5.10 Å². The van der Waals surface area contributed by atoms with Gasteiger partial charge in [-0.2, -0.15) is 0 Å². The fraction of sp³-hybridized carbons (Fsp3) is 0.333. The van der Waals surface area contributed by atoms with E-state index < -0.39 is 0 Å². The van der Waals surface area contributed by atoms with Crippen molar-refractivity contribution in [3.63, 3.8) is 0 Å². The predicted molar refractivity (Wildman–Crippen MR) is 95.2 cm³/mol. The monoisotopic (exact) mass is 356 g/mol. The van der Waals surface area contributed by atoms with E-state index in [4.69, 9.17) is 4.74 Å². The van der Waals surface area contributed by atoms with Crippen LogP contribution in [0.1, 0.15) is 18.4 Å². The Morgan fingerprint density at radius 1 is 1.35 bits per heavy atom. The van der Waals surface area contributed by atoms with Crippen LogP contribution in [0.5, 0.6) is 0 Å². The number of ether oxygens (including phenoxy) is 1. The molecule has 2 N–H and O–H groups in total. The molecular weight excluding hydrogens is 336 g/mol. The van der Waals surface area contributed by atoms with E-state index >= 15 is 0 Å². The van der Waals surface area contributed by atoms with Crippen molar-refractivity contribution in [2.45, 2.75) is 12.8 Å². The van der Waals surface area contributed by atoms with E-state index in [0.29, 0.717) is 30.2 Å². The number of carbonyl (C=O) groups excluding carboxylic acids is 3. The SMILES string of the molecule is C=CC(=O)N1CCCC(C(=O)Nc2ccc(C3=NNC(=O)CO3)cc2)C1. The smallest absolute Gasteiger partial charge is 0.278 e. The number of anilines is 1. The Morgan fingerprint density at radius 3 is 2.77 bits per heavy atom. The third-order valence-electron chi connectivity index (χ3n) is 4.30. The summed E-state index contributed by atoms with van der Waals surface area (Å²) < 4.78 is 5.24. The largest absolute Gasteiger partial charge is 0.466 e. The zero-order chi connectivity index (χ0) is 18.5. The summed E-state index contributed by atoms with van der Waals surface area (Å²) in [6.45, 7) is 4.48. The molecule has 8 heteroatoms. The second-order valence-electron chi connectivity index (χ2n) is 6.13. The average Bonchev–Trinajstić information content (AvgIpc) is 2.68. The standard InChI is InChI=1S/C18H20N4O4/c1-2-16(24)22-9-3-4-13(10-22)17(25)19-14-7-5-12(6-8-14)18-21-20-15(23)11-26-18/h2,5-8,13H,1,3-4,9-11H2,(H,19,25)(H,20,23). The molecule has 0 aliphatic carbocycles. The molecule has 1 aromatic rings. The number of amides is 3. The maximum atomic E-state index is 12.5. The van der Waals surface area contributed by atoms with Gasteiger partial charge in [-0.3, -0.25) is 14.4 Å². The number of hydrogen-bond donors (Lipinski definition) is 2. The molecule has 2 aliphatic rings. The molecule has 0 saturated carbocycles.